The van der Waals surface area contributed by atoms with Gasteiger partial charge in [0.25, 0.3) is 0 Å². The molecule has 0 bridgehead atoms. The van der Waals surface area contributed by atoms with Crippen molar-refractivity contribution in [2.45, 2.75) is 33.2 Å². The molecule has 0 radical (unpaired) electrons. The summed E-state index contributed by atoms with van der Waals surface area (Å²) in [6.45, 7) is 8.48. The van der Waals surface area contributed by atoms with Gasteiger partial charge >= 0.3 is 0 Å². The second-order valence-electron chi connectivity index (χ2n) is 4.41. The summed E-state index contributed by atoms with van der Waals surface area (Å²) in [6.07, 6.45) is 3.16. The van der Waals surface area contributed by atoms with Crippen LogP contribution in [0, 0.1) is 0 Å². The van der Waals surface area contributed by atoms with Crippen LogP contribution in [0.2, 0.25) is 0 Å². The van der Waals surface area contributed by atoms with E-state index in [0.29, 0.717) is 6.04 Å². The summed E-state index contributed by atoms with van der Waals surface area (Å²) in [6, 6.07) is 0.458. The Kier molecular flexibility index (Phi) is 4.80. The lowest BCUT2D eigenvalue weighted by Gasteiger charge is -2.21. The third-order valence-corrected chi connectivity index (χ3v) is 2.72. The van der Waals surface area contributed by atoms with Gasteiger partial charge in [0.05, 0.1) is 5.69 Å². The predicted octanol–water partition coefficient (Wildman–Crippen LogP) is 1.68. The van der Waals surface area contributed by atoms with Gasteiger partial charge in [-0.15, -0.1) is 0 Å². The lowest BCUT2D eigenvalue weighted by molar-refractivity contribution is 0.589. The molecule has 1 aromatic rings. The first-order chi connectivity index (χ1) is 7.60. The van der Waals surface area contributed by atoms with Gasteiger partial charge in [-0.3, -0.25) is 0 Å². The van der Waals surface area contributed by atoms with E-state index in [-0.39, 0.29) is 0 Å². The Morgan fingerprint density at radius 2 is 2.19 bits per heavy atom. The van der Waals surface area contributed by atoms with Crippen molar-refractivity contribution in [3.05, 3.63) is 11.9 Å². The molecule has 0 atom stereocenters. The largest absolute Gasteiger partial charge is 0.344 e. The van der Waals surface area contributed by atoms with Crippen LogP contribution in [0.4, 0.5) is 5.95 Å². The first-order valence-corrected chi connectivity index (χ1v) is 6.03. The van der Waals surface area contributed by atoms with Crippen molar-refractivity contribution < 1.29 is 0 Å². The van der Waals surface area contributed by atoms with Crippen molar-refractivity contribution in [3.8, 4) is 0 Å². The molecule has 0 aliphatic rings. The number of aryl methyl sites for hydroxylation is 1. The number of anilines is 1. The molecule has 0 saturated carbocycles. The molecule has 16 heavy (non-hydrogen) atoms. The minimum atomic E-state index is 0.458. The van der Waals surface area contributed by atoms with Crippen LogP contribution >= 0.6 is 0 Å². The summed E-state index contributed by atoms with van der Waals surface area (Å²) < 4.78 is 2.24. The van der Waals surface area contributed by atoms with E-state index in [9.17, 15) is 0 Å². The van der Waals surface area contributed by atoms with Gasteiger partial charge in [0.15, 0.2) is 0 Å². The summed E-state index contributed by atoms with van der Waals surface area (Å²) >= 11 is 0. The molecule has 1 rings (SSSR count). The average Bonchev–Trinajstić information content (AvgIpc) is 2.70. The first-order valence-electron chi connectivity index (χ1n) is 6.03. The van der Waals surface area contributed by atoms with E-state index >= 15 is 0 Å². The SMILES string of the molecule is CCc1cn(C(C)C)c(N(C)CCNC)n1. The topological polar surface area (TPSA) is 33.1 Å². The Bertz CT molecular complexity index is 317. The highest BCUT2D eigenvalue weighted by Gasteiger charge is 2.12. The highest BCUT2D eigenvalue weighted by molar-refractivity contribution is 5.33. The minimum absolute atomic E-state index is 0.458. The standard InChI is InChI=1S/C12H24N4/c1-6-11-9-16(10(2)3)12(14-11)15(5)8-7-13-4/h9-10,13H,6-8H2,1-5H3. The number of likely N-dealkylation sites (N-methyl/N-ethyl adjacent to an activating group) is 2. The third kappa shape index (κ3) is 2.98. The molecule has 0 aromatic carbocycles. The normalized spacial score (nSPS) is 11.1. The van der Waals surface area contributed by atoms with Crippen molar-refractivity contribution in [3.63, 3.8) is 0 Å². The number of hydrogen-bond acceptors (Lipinski definition) is 3. The fourth-order valence-corrected chi connectivity index (χ4v) is 1.65. The van der Waals surface area contributed by atoms with Gasteiger partial charge in [-0.2, -0.15) is 0 Å². The summed E-state index contributed by atoms with van der Waals surface area (Å²) in [5, 5.41) is 3.16. The molecule has 1 aromatic heterocycles. The van der Waals surface area contributed by atoms with E-state index in [2.05, 4.69) is 53.8 Å². The molecule has 0 amide bonds. The molecule has 0 saturated heterocycles. The minimum Gasteiger partial charge on any atom is -0.344 e. The number of nitrogens with zero attached hydrogens (tertiary/aromatic N) is 3. The number of aromatic nitrogens is 2. The molecule has 4 nitrogen and oxygen atoms in total. The smallest absolute Gasteiger partial charge is 0.205 e. The van der Waals surface area contributed by atoms with E-state index in [1.807, 2.05) is 7.05 Å². The maximum atomic E-state index is 4.66. The second-order valence-corrected chi connectivity index (χ2v) is 4.41. The summed E-state index contributed by atoms with van der Waals surface area (Å²) in [7, 11) is 4.07. The molecule has 1 heterocycles. The van der Waals surface area contributed by atoms with Gasteiger partial charge in [0, 0.05) is 32.4 Å². The molecule has 4 heteroatoms. The van der Waals surface area contributed by atoms with E-state index < -0.39 is 0 Å². The fraction of sp³-hybridized carbons (Fsp3) is 0.750. The molecule has 0 aliphatic heterocycles. The molecular formula is C12H24N4. The van der Waals surface area contributed by atoms with Crippen LogP contribution in [0.25, 0.3) is 0 Å². The summed E-state index contributed by atoms with van der Waals surface area (Å²) in [5.74, 6) is 1.07. The van der Waals surface area contributed by atoms with Gasteiger partial charge in [-0.25, -0.2) is 4.98 Å². The number of rotatable bonds is 6. The summed E-state index contributed by atoms with van der Waals surface area (Å²) in [4.78, 5) is 6.87. The van der Waals surface area contributed by atoms with Crippen LogP contribution in [-0.2, 0) is 6.42 Å². The van der Waals surface area contributed by atoms with Crippen LogP contribution in [-0.4, -0.2) is 36.7 Å². The van der Waals surface area contributed by atoms with Gasteiger partial charge in [-0.1, -0.05) is 6.92 Å². The van der Waals surface area contributed by atoms with Gasteiger partial charge in [0.1, 0.15) is 0 Å². The Balaban J connectivity index is 2.87. The zero-order valence-electron chi connectivity index (χ0n) is 11.1. The van der Waals surface area contributed by atoms with Crippen LogP contribution in [0.15, 0.2) is 6.20 Å². The van der Waals surface area contributed by atoms with Crippen LogP contribution in [0.1, 0.15) is 32.5 Å². The molecule has 0 fully saturated rings. The molecule has 1 N–H and O–H groups in total. The Morgan fingerprint density at radius 1 is 1.50 bits per heavy atom. The van der Waals surface area contributed by atoms with Gasteiger partial charge in [0.2, 0.25) is 5.95 Å². The van der Waals surface area contributed by atoms with Crippen molar-refractivity contribution >= 4 is 5.95 Å². The van der Waals surface area contributed by atoms with Crippen LogP contribution in [0.3, 0.4) is 0 Å². The lowest BCUT2D eigenvalue weighted by atomic mass is 10.3. The van der Waals surface area contributed by atoms with E-state index in [1.54, 1.807) is 0 Å². The molecule has 0 spiro atoms. The van der Waals surface area contributed by atoms with Crippen LogP contribution in [0.5, 0.6) is 0 Å². The van der Waals surface area contributed by atoms with E-state index in [1.165, 1.54) is 5.69 Å². The van der Waals surface area contributed by atoms with Crippen LogP contribution < -0.4 is 10.2 Å². The first kappa shape index (κ1) is 13.0. The lowest BCUT2D eigenvalue weighted by Crippen LogP contribution is -2.29. The molecule has 92 valence electrons. The van der Waals surface area contributed by atoms with Crippen molar-refractivity contribution in [1.82, 2.24) is 14.9 Å². The van der Waals surface area contributed by atoms with Crippen molar-refractivity contribution in [2.75, 3.05) is 32.1 Å². The molecular weight excluding hydrogens is 200 g/mol. The maximum Gasteiger partial charge on any atom is 0.205 e. The van der Waals surface area contributed by atoms with E-state index in [4.69, 9.17) is 0 Å². The zero-order chi connectivity index (χ0) is 12.1. The predicted molar refractivity (Wildman–Crippen MR) is 69.2 cm³/mol. The van der Waals surface area contributed by atoms with Gasteiger partial charge in [-0.05, 0) is 27.3 Å². The Labute approximate surface area is 98.7 Å². The average molecular weight is 224 g/mol. The number of nitrogens with one attached hydrogen (secondary N) is 1. The van der Waals surface area contributed by atoms with Crippen molar-refractivity contribution in [1.29, 1.82) is 0 Å². The third-order valence-electron chi connectivity index (χ3n) is 2.72. The molecule has 0 unspecified atom stereocenters. The quantitative estimate of drug-likeness (QED) is 0.798. The second kappa shape index (κ2) is 5.89. The Morgan fingerprint density at radius 3 is 2.69 bits per heavy atom. The fourth-order valence-electron chi connectivity index (χ4n) is 1.65. The Hall–Kier alpha value is -1.03. The zero-order valence-corrected chi connectivity index (χ0v) is 11.1. The highest BCUT2D eigenvalue weighted by atomic mass is 15.3. The molecule has 0 aliphatic carbocycles. The monoisotopic (exact) mass is 224 g/mol. The van der Waals surface area contributed by atoms with Gasteiger partial charge < -0.3 is 14.8 Å². The van der Waals surface area contributed by atoms with Crippen molar-refractivity contribution in [2.24, 2.45) is 0 Å². The maximum absolute atomic E-state index is 4.66. The number of hydrogen-bond donors (Lipinski definition) is 1. The number of imidazole rings is 1. The summed E-state index contributed by atoms with van der Waals surface area (Å²) in [5.41, 5.74) is 1.17. The highest BCUT2D eigenvalue weighted by Crippen LogP contribution is 2.18. The van der Waals surface area contributed by atoms with E-state index in [0.717, 1.165) is 25.5 Å².